The first-order valence-electron chi connectivity index (χ1n) is 7.59. The van der Waals surface area contributed by atoms with Crippen molar-refractivity contribution in [2.24, 2.45) is 7.05 Å². The van der Waals surface area contributed by atoms with Gasteiger partial charge in [-0.3, -0.25) is 15.4 Å². The standard InChI is InChI=1S/C14H23N5O/c1-18-13(10-12(16-18)11-6-5-7-11)15-14(20)17-19-8-3-2-4-9-19/h10-11H,2-9H2,1H3,(H2,15,17,20). The van der Waals surface area contributed by atoms with Crippen LogP contribution < -0.4 is 10.7 Å². The monoisotopic (exact) mass is 277 g/mol. The van der Waals surface area contributed by atoms with E-state index in [9.17, 15) is 4.79 Å². The molecule has 1 aliphatic carbocycles. The van der Waals surface area contributed by atoms with Crippen LogP contribution in [-0.2, 0) is 7.05 Å². The number of aryl methyl sites for hydroxylation is 1. The third-order valence-corrected chi connectivity index (χ3v) is 4.28. The molecule has 1 aromatic heterocycles. The fraction of sp³-hybridized carbons (Fsp3) is 0.714. The molecule has 2 aliphatic rings. The molecule has 0 spiro atoms. The van der Waals surface area contributed by atoms with Crippen LogP contribution >= 0.6 is 0 Å². The Morgan fingerprint density at radius 3 is 2.65 bits per heavy atom. The minimum absolute atomic E-state index is 0.171. The van der Waals surface area contributed by atoms with E-state index >= 15 is 0 Å². The van der Waals surface area contributed by atoms with Crippen molar-refractivity contribution >= 4 is 11.8 Å². The van der Waals surface area contributed by atoms with Gasteiger partial charge in [-0.2, -0.15) is 5.10 Å². The van der Waals surface area contributed by atoms with Crippen molar-refractivity contribution in [3.05, 3.63) is 11.8 Å². The molecule has 0 unspecified atom stereocenters. The van der Waals surface area contributed by atoms with Crippen LogP contribution in [0.2, 0.25) is 0 Å². The van der Waals surface area contributed by atoms with E-state index in [4.69, 9.17) is 0 Å². The fourth-order valence-electron chi connectivity index (χ4n) is 2.80. The number of urea groups is 1. The van der Waals surface area contributed by atoms with Crippen molar-refractivity contribution in [1.82, 2.24) is 20.2 Å². The molecular formula is C14H23N5O. The maximum absolute atomic E-state index is 12.0. The van der Waals surface area contributed by atoms with Crippen LogP contribution in [0.3, 0.4) is 0 Å². The number of nitrogens with zero attached hydrogens (tertiary/aromatic N) is 3. The highest BCUT2D eigenvalue weighted by Crippen LogP contribution is 2.36. The maximum Gasteiger partial charge on any atom is 0.334 e. The topological polar surface area (TPSA) is 62.2 Å². The smallest absolute Gasteiger partial charge is 0.291 e. The number of nitrogens with one attached hydrogen (secondary N) is 2. The predicted molar refractivity (Wildman–Crippen MR) is 77.4 cm³/mol. The summed E-state index contributed by atoms with van der Waals surface area (Å²) in [5, 5.41) is 9.37. The molecule has 110 valence electrons. The Kier molecular flexibility index (Phi) is 3.91. The Balaban J connectivity index is 1.56. The molecule has 2 heterocycles. The molecule has 1 aromatic rings. The minimum atomic E-state index is -0.171. The summed E-state index contributed by atoms with van der Waals surface area (Å²) in [7, 11) is 1.87. The molecule has 1 aliphatic heterocycles. The predicted octanol–water partition coefficient (Wildman–Crippen LogP) is 2.21. The number of hydrazine groups is 1. The lowest BCUT2D eigenvalue weighted by atomic mass is 9.83. The van der Waals surface area contributed by atoms with Crippen molar-refractivity contribution in [1.29, 1.82) is 0 Å². The van der Waals surface area contributed by atoms with Crippen LogP contribution in [0, 0.1) is 0 Å². The second kappa shape index (κ2) is 5.83. The first-order chi connectivity index (χ1) is 9.72. The maximum atomic E-state index is 12.0. The Bertz CT molecular complexity index is 474. The Hall–Kier alpha value is -1.56. The zero-order valence-electron chi connectivity index (χ0n) is 12.1. The number of carbonyl (C=O) groups is 1. The minimum Gasteiger partial charge on any atom is -0.291 e. The van der Waals surface area contributed by atoms with Gasteiger partial charge in [0, 0.05) is 32.1 Å². The molecule has 0 atom stereocenters. The molecule has 3 rings (SSSR count). The molecule has 0 aromatic carbocycles. The average Bonchev–Trinajstić information content (AvgIpc) is 2.69. The molecule has 1 saturated carbocycles. The van der Waals surface area contributed by atoms with E-state index in [0.29, 0.717) is 5.92 Å². The van der Waals surface area contributed by atoms with Gasteiger partial charge >= 0.3 is 6.03 Å². The van der Waals surface area contributed by atoms with E-state index < -0.39 is 0 Å². The van der Waals surface area contributed by atoms with Gasteiger partial charge in [0.15, 0.2) is 0 Å². The molecule has 20 heavy (non-hydrogen) atoms. The highest BCUT2D eigenvalue weighted by atomic mass is 16.2. The molecule has 2 N–H and O–H groups in total. The second-order valence-corrected chi connectivity index (χ2v) is 5.82. The summed E-state index contributed by atoms with van der Waals surface area (Å²) in [6.45, 7) is 1.87. The molecule has 2 amide bonds. The van der Waals surface area contributed by atoms with E-state index in [1.807, 2.05) is 18.1 Å². The number of aromatic nitrogens is 2. The average molecular weight is 277 g/mol. The summed E-state index contributed by atoms with van der Waals surface area (Å²) in [6.07, 6.45) is 7.29. The van der Waals surface area contributed by atoms with E-state index in [1.54, 1.807) is 4.68 Å². The van der Waals surface area contributed by atoms with Gasteiger partial charge in [0.1, 0.15) is 5.82 Å². The molecule has 0 radical (unpaired) electrons. The Labute approximate surface area is 119 Å². The highest BCUT2D eigenvalue weighted by molar-refractivity contribution is 5.88. The second-order valence-electron chi connectivity index (χ2n) is 5.82. The van der Waals surface area contributed by atoms with Crippen LogP contribution in [-0.4, -0.2) is 33.9 Å². The molecule has 0 bridgehead atoms. The van der Waals surface area contributed by atoms with E-state index in [0.717, 1.165) is 37.4 Å². The summed E-state index contributed by atoms with van der Waals surface area (Å²) in [6, 6.07) is 1.83. The number of carbonyl (C=O) groups excluding carboxylic acids is 1. The van der Waals surface area contributed by atoms with Gasteiger partial charge < -0.3 is 0 Å². The molecule has 2 fully saturated rings. The summed E-state index contributed by atoms with van der Waals surface area (Å²) in [4.78, 5) is 12.0. The summed E-state index contributed by atoms with van der Waals surface area (Å²) in [5.41, 5.74) is 4.01. The van der Waals surface area contributed by atoms with Crippen molar-refractivity contribution in [2.75, 3.05) is 18.4 Å². The molecular weight excluding hydrogens is 254 g/mol. The van der Waals surface area contributed by atoms with Crippen molar-refractivity contribution < 1.29 is 4.79 Å². The van der Waals surface area contributed by atoms with Crippen molar-refractivity contribution in [3.63, 3.8) is 0 Å². The lowest BCUT2D eigenvalue weighted by Crippen LogP contribution is -2.47. The van der Waals surface area contributed by atoms with Crippen LogP contribution in [0.25, 0.3) is 0 Å². The number of anilines is 1. The first kappa shape index (κ1) is 13.4. The lowest BCUT2D eigenvalue weighted by Gasteiger charge is -2.26. The van der Waals surface area contributed by atoms with Crippen LogP contribution in [0.15, 0.2) is 6.07 Å². The quantitative estimate of drug-likeness (QED) is 0.890. The largest absolute Gasteiger partial charge is 0.334 e. The number of amides is 2. The van der Waals surface area contributed by atoms with Crippen LogP contribution in [0.1, 0.15) is 50.1 Å². The third-order valence-electron chi connectivity index (χ3n) is 4.28. The lowest BCUT2D eigenvalue weighted by molar-refractivity contribution is 0.162. The van der Waals surface area contributed by atoms with Gasteiger partial charge in [-0.25, -0.2) is 9.80 Å². The van der Waals surface area contributed by atoms with Gasteiger partial charge in [-0.05, 0) is 25.7 Å². The summed E-state index contributed by atoms with van der Waals surface area (Å²) in [5.74, 6) is 1.35. The zero-order chi connectivity index (χ0) is 13.9. The normalized spacial score (nSPS) is 20.4. The molecule has 6 heteroatoms. The fourth-order valence-corrected chi connectivity index (χ4v) is 2.80. The van der Waals surface area contributed by atoms with E-state index in [1.165, 1.54) is 25.7 Å². The number of piperidine rings is 1. The first-order valence-corrected chi connectivity index (χ1v) is 7.59. The number of hydrogen-bond donors (Lipinski definition) is 2. The van der Waals surface area contributed by atoms with Crippen LogP contribution in [0.4, 0.5) is 10.6 Å². The zero-order valence-corrected chi connectivity index (χ0v) is 12.1. The SMILES string of the molecule is Cn1nc(C2CCC2)cc1NC(=O)NN1CCCCC1. The van der Waals surface area contributed by atoms with Gasteiger partial charge in [-0.1, -0.05) is 12.8 Å². The Morgan fingerprint density at radius 1 is 1.25 bits per heavy atom. The van der Waals surface area contributed by atoms with Gasteiger partial charge in [0.05, 0.1) is 5.69 Å². The highest BCUT2D eigenvalue weighted by Gasteiger charge is 2.23. The van der Waals surface area contributed by atoms with Gasteiger partial charge in [0.2, 0.25) is 0 Å². The molecule has 6 nitrogen and oxygen atoms in total. The summed E-state index contributed by atoms with van der Waals surface area (Å²) < 4.78 is 1.75. The number of rotatable bonds is 3. The summed E-state index contributed by atoms with van der Waals surface area (Å²) >= 11 is 0. The van der Waals surface area contributed by atoms with E-state index in [2.05, 4.69) is 15.8 Å². The van der Waals surface area contributed by atoms with Gasteiger partial charge in [-0.15, -0.1) is 0 Å². The van der Waals surface area contributed by atoms with Crippen molar-refractivity contribution in [2.45, 2.75) is 44.4 Å². The third kappa shape index (κ3) is 2.95. The Morgan fingerprint density at radius 2 is 2.00 bits per heavy atom. The van der Waals surface area contributed by atoms with Crippen molar-refractivity contribution in [3.8, 4) is 0 Å². The van der Waals surface area contributed by atoms with Gasteiger partial charge in [0.25, 0.3) is 0 Å². The number of hydrogen-bond acceptors (Lipinski definition) is 3. The van der Waals surface area contributed by atoms with E-state index in [-0.39, 0.29) is 6.03 Å². The van der Waals surface area contributed by atoms with Crippen LogP contribution in [0.5, 0.6) is 0 Å². The molecule has 1 saturated heterocycles.